The first-order valence-electron chi connectivity index (χ1n) is 6.52. The molecule has 0 heterocycles. The Morgan fingerprint density at radius 2 is 1.94 bits per heavy atom. The molecule has 100 valence electrons. The molecule has 1 fully saturated rings. The number of aliphatic hydroxyl groups is 1. The van der Waals surface area contributed by atoms with Gasteiger partial charge in [-0.15, -0.1) is 0 Å². The largest absolute Gasteiger partial charge is 0.388 e. The molecule has 1 nitrogen and oxygen atoms in total. The van der Waals surface area contributed by atoms with Crippen LogP contribution in [-0.2, 0) is 0 Å². The molecule has 18 heavy (non-hydrogen) atoms. The fraction of sp³-hybridized carbons (Fsp3) is 0.600. The lowest BCUT2D eigenvalue weighted by molar-refractivity contribution is 0.0543. The zero-order valence-corrected chi connectivity index (χ0v) is 11.7. The van der Waals surface area contributed by atoms with Gasteiger partial charge in [0.2, 0.25) is 0 Å². The van der Waals surface area contributed by atoms with E-state index in [2.05, 4.69) is 13.8 Å². The summed E-state index contributed by atoms with van der Waals surface area (Å²) in [7, 11) is 0. The standard InChI is InChI=1S/C15H20ClFO/c1-15(2)7-5-10(6-8-15)14(18)12-4-3-11(16)9-13(12)17/h3-4,9-10,14,18H,5-8H2,1-2H3. The van der Waals surface area contributed by atoms with E-state index >= 15 is 0 Å². The molecule has 1 unspecified atom stereocenters. The molecule has 1 saturated carbocycles. The van der Waals surface area contributed by atoms with Crippen LogP contribution in [0.2, 0.25) is 5.02 Å². The van der Waals surface area contributed by atoms with Crippen molar-refractivity contribution in [3.05, 3.63) is 34.6 Å². The molecule has 3 heteroatoms. The number of hydrogen-bond acceptors (Lipinski definition) is 1. The number of halogens is 2. The van der Waals surface area contributed by atoms with Gasteiger partial charge in [0.05, 0.1) is 6.10 Å². The molecule has 0 saturated heterocycles. The predicted molar refractivity (Wildman–Crippen MR) is 72.1 cm³/mol. The molecule has 1 aromatic carbocycles. The molecule has 1 aromatic rings. The highest BCUT2D eigenvalue weighted by Crippen LogP contribution is 2.43. The maximum Gasteiger partial charge on any atom is 0.130 e. The van der Waals surface area contributed by atoms with E-state index < -0.39 is 11.9 Å². The first kappa shape index (κ1) is 13.8. The second-order valence-electron chi connectivity index (χ2n) is 6.11. The summed E-state index contributed by atoms with van der Waals surface area (Å²) in [6.45, 7) is 4.50. The molecule has 1 aliphatic rings. The quantitative estimate of drug-likeness (QED) is 0.824. The zero-order chi connectivity index (χ0) is 13.3. The monoisotopic (exact) mass is 270 g/mol. The summed E-state index contributed by atoms with van der Waals surface area (Å²) in [5.74, 6) is -0.242. The Labute approximate surface area is 113 Å². The van der Waals surface area contributed by atoms with E-state index in [0.717, 1.165) is 25.7 Å². The molecular formula is C15H20ClFO. The smallest absolute Gasteiger partial charge is 0.130 e. The second kappa shape index (κ2) is 5.18. The summed E-state index contributed by atoms with van der Waals surface area (Å²) in [4.78, 5) is 0. The Balaban J connectivity index is 2.10. The normalized spacial score (nSPS) is 21.8. The number of benzene rings is 1. The van der Waals surface area contributed by atoms with Gasteiger partial charge in [-0.1, -0.05) is 31.5 Å². The average molecular weight is 271 g/mol. The first-order valence-corrected chi connectivity index (χ1v) is 6.90. The van der Waals surface area contributed by atoms with Crippen LogP contribution >= 0.6 is 11.6 Å². The Kier molecular flexibility index (Phi) is 3.98. The number of aliphatic hydroxyl groups excluding tert-OH is 1. The lowest BCUT2D eigenvalue weighted by Gasteiger charge is -2.36. The first-order chi connectivity index (χ1) is 8.39. The van der Waals surface area contributed by atoms with Crippen molar-refractivity contribution >= 4 is 11.6 Å². The minimum atomic E-state index is -0.710. The van der Waals surface area contributed by atoms with Crippen molar-refractivity contribution in [1.82, 2.24) is 0 Å². The van der Waals surface area contributed by atoms with E-state index in [1.165, 1.54) is 6.07 Å². The minimum absolute atomic E-state index is 0.161. The van der Waals surface area contributed by atoms with E-state index in [4.69, 9.17) is 11.6 Å². The summed E-state index contributed by atoms with van der Waals surface area (Å²) in [5, 5.41) is 10.7. The molecule has 0 spiro atoms. The molecule has 0 aromatic heterocycles. The number of hydrogen-bond donors (Lipinski definition) is 1. The molecule has 1 aliphatic carbocycles. The van der Waals surface area contributed by atoms with Crippen LogP contribution in [0.1, 0.15) is 51.2 Å². The highest BCUT2D eigenvalue weighted by molar-refractivity contribution is 6.30. The SMILES string of the molecule is CC1(C)CCC(C(O)c2ccc(Cl)cc2F)CC1. The van der Waals surface area contributed by atoms with Gasteiger partial charge < -0.3 is 5.11 Å². The van der Waals surface area contributed by atoms with Crippen molar-refractivity contribution in [2.75, 3.05) is 0 Å². The summed E-state index contributed by atoms with van der Waals surface area (Å²) in [6.07, 6.45) is 3.37. The van der Waals surface area contributed by atoms with Gasteiger partial charge >= 0.3 is 0 Å². The Bertz CT molecular complexity index is 421. The topological polar surface area (TPSA) is 20.2 Å². The van der Waals surface area contributed by atoms with Gasteiger partial charge in [-0.3, -0.25) is 0 Å². The van der Waals surface area contributed by atoms with E-state index in [1.54, 1.807) is 12.1 Å². The molecule has 0 amide bonds. The summed E-state index contributed by atoms with van der Waals surface area (Å²) in [5.41, 5.74) is 0.735. The molecule has 2 rings (SSSR count). The molecule has 0 aliphatic heterocycles. The van der Waals surface area contributed by atoms with Crippen molar-refractivity contribution in [2.24, 2.45) is 11.3 Å². The molecule has 0 bridgehead atoms. The Morgan fingerprint density at radius 3 is 2.50 bits per heavy atom. The van der Waals surface area contributed by atoms with Crippen LogP contribution in [-0.4, -0.2) is 5.11 Å². The summed E-state index contributed by atoms with van der Waals surface area (Å²) < 4.78 is 13.8. The Hall–Kier alpha value is -0.600. The highest BCUT2D eigenvalue weighted by Gasteiger charge is 2.32. The third-order valence-electron chi connectivity index (χ3n) is 4.11. The molecule has 0 radical (unpaired) electrons. The lowest BCUT2D eigenvalue weighted by Crippen LogP contribution is -2.25. The minimum Gasteiger partial charge on any atom is -0.388 e. The molecule has 1 N–H and O–H groups in total. The van der Waals surface area contributed by atoms with Crippen LogP contribution < -0.4 is 0 Å². The lowest BCUT2D eigenvalue weighted by atomic mass is 9.71. The van der Waals surface area contributed by atoms with Crippen LogP contribution in [0.15, 0.2) is 18.2 Å². The predicted octanol–water partition coefficient (Wildman–Crippen LogP) is 4.73. The van der Waals surface area contributed by atoms with Gasteiger partial charge in [0, 0.05) is 10.6 Å². The molecule has 1 atom stereocenters. The van der Waals surface area contributed by atoms with Gasteiger partial charge in [-0.2, -0.15) is 0 Å². The van der Waals surface area contributed by atoms with Crippen LogP contribution in [0.5, 0.6) is 0 Å². The van der Waals surface area contributed by atoms with E-state index in [-0.39, 0.29) is 5.92 Å². The van der Waals surface area contributed by atoms with Crippen LogP contribution in [0.3, 0.4) is 0 Å². The summed E-state index contributed by atoms with van der Waals surface area (Å²) in [6, 6.07) is 4.50. The third kappa shape index (κ3) is 3.04. The number of rotatable bonds is 2. The zero-order valence-electron chi connectivity index (χ0n) is 10.9. The van der Waals surface area contributed by atoms with Gasteiger partial charge in [-0.25, -0.2) is 4.39 Å². The van der Waals surface area contributed by atoms with Gasteiger partial charge in [0.25, 0.3) is 0 Å². The third-order valence-corrected chi connectivity index (χ3v) is 4.35. The van der Waals surface area contributed by atoms with Crippen molar-refractivity contribution in [1.29, 1.82) is 0 Å². The summed E-state index contributed by atoms with van der Waals surface area (Å²) >= 11 is 5.72. The van der Waals surface area contributed by atoms with Gasteiger partial charge in [0.15, 0.2) is 0 Å². The van der Waals surface area contributed by atoms with E-state index in [9.17, 15) is 9.50 Å². The van der Waals surface area contributed by atoms with Crippen LogP contribution in [0, 0.1) is 17.2 Å². The van der Waals surface area contributed by atoms with Crippen molar-refractivity contribution < 1.29 is 9.50 Å². The van der Waals surface area contributed by atoms with Crippen LogP contribution in [0.4, 0.5) is 4.39 Å². The maximum absolute atomic E-state index is 13.8. The fourth-order valence-corrected chi connectivity index (χ4v) is 2.89. The van der Waals surface area contributed by atoms with Crippen LogP contribution in [0.25, 0.3) is 0 Å². The van der Waals surface area contributed by atoms with Gasteiger partial charge in [-0.05, 0) is 49.1 Å². The van der Waals surface area contributed by atoms with E-state index in [1.807, 2.05) is 0 Å². The van der Waals surface area contributed by atoms with Crippen molar-refractivity contribution in [2.45, 2.75) is 45.6 Å². The molecular weight excluding hydrogens is 251 g/mol. The van der Waals surface area contributed by atoms with Crippen molar-refractivity contribution in [3.8, 4) is 0 Å². The Morgan fingerprint density at radius 1 is 1.33 bits per heavy atom. The maximum atomic E-state index is 13.8. The highest BCUT2D eigenvalue weighted by atomic mass is 35.5. The van der Waals surface area contributed by atoms with E-state index in [0.29, 0.717) is 16.0 Å². The van der Waals surface area contributed by atoms with Gasteiger partial charge in [0.1, 0.15) is 5.82 Å². The average Bonchev–Trinajstić information content (AvgIpc) is 2.28. The fourth-order valence-electron chi connectivity index (χ4n) is 2.73. The van der Waals surface area contributed by atoms with Crippen molar-refractivity contribution in [3.63, 3.8) is 0 Å². The second-order valence-corrected chi connectivity index (χ2v) is 6.55.